The van der Waals surface area contributed by atoms with Crippen molar-refractivity contribution in [3.8, 4) is 0 Å². The monoisotopic (exact) mass is 219 g/mol. The van der Waals surface area contributed by atoms with E-state index in [4.69, 9.17) is 0 Å². The number of hydrogen-bond acceptors (Lipinski definition) is 1. The summed E-state index contributed by atoms with van der Waals surface area (Å²) in [4.78, 5) is 0. The van der Waals surface area contributed by atoms with Crippen molar-refractivity contribution < 1.29 is 0 Å². The Morgan fingerprint density at radius 1 is 1.06 bits per heavy atom. The van der Waals surface area contributed by atoms with E-state index in [1.54, 1.807) is 0 Å². The maximum atomic E-state index is 3.54. The zero-order valence-electron chi connectivity index (χ0n) is 11.4. The van der Waals surface area contributed by atoms with Gasteiger partial charge in [0.2, 0.25) is 0 Å². The van der Waals surface area contributed by atoms with Gasteiger partial charge in [0.25, 0.3) is 0 Å². The van der Waals surface area contributed by atoms with E-state index >= 15 is 0 Å². The normalized spacial score (nSPS) is 12.8. The first kappa shape index (κ1) is 13.2. The molecule has 90 valence electrons. The molecule has 1 rings (SSSR count). The van der Waals surface area contributed by atoms with Crippen LogP contribution in [0.1, 0.15) is 42.5 Å². The zero-order chi connectivity index (χ0) is 12.1. The molecule has 0 bridgehead atoms. The lowest BCUT2D eigenvalue weighted by atomic mass is 10.0. The highest BCUT2D eigenvalue weighted by atomic mass is 14.9. The number of nitrogens with one attached hydrogen (secondary N) is 1. The van der Waals surface area contributed by atoms with Crippen LogP contribution in [0.15, 0.2) is 12.1 Å². The first-order chi connectivity index (χ1) is 7.54. The summed E-state index contributed by atoms with van der Waals surface area (Å²) in [6, 6.07) is 4.60. The molecule has 1 atom stereocenters. The summed E-state index contributed by atoms with van der Waals surface area (Å²) >= 11 is 0. The van der Waals surface area contributed by atoms with Crippen LogP contribution in [0.5, 0.6) is 0 Å². The highest BCUT2D eigenvalue weighted by Crippen LogP contribution is 2.15. The summed E-state index contributed by atoms with van der Waals surface area (Å²) in [6.45, 7) is 13.2. The number of aryl methyl sites for hydroxylation is 3. The minimum atomic E-state index is 0.770. The van der Waals surface area contributed by atoms with Gasteiger partial charge in [0, 0.05) is 6.54 Å². The van der Waals surface area contributed by atoms with Crippen LogP contribution >= 0.6 is 0 Å². The second kappa shape index (κ2) is 6.05. The van der Waals surface area contributed by atoms with Crippen molar-refractivity contribution in [2.75, 3.05) is 6.54 Å². The van der Waals surface area contributed by atoms with Crippen LogP contribution in [0, 0.1) is 26.7 Å². The van der Waals surface area contributed by atoms with Crippen molar-refractivity contribution in [2.24, 2.45) is 5.92 Å². The molecule has 0 saturated heterocycles. The van der Waals surface area contributed by atoms with E-state index in [-0.39, 0.29) is 0 Å². The molecule has 1 nitrogen and oxygen atoms in total. The average molecular weight is 219 g/mol. The minimum Gasteiger partial charge on any atom is -0.312 e. The third-order valence-corrected chi connectivity index (χ3v) is 3.46. The molecular weight excluding hydrogens is 194 g/mol. The van der Waals surface area contributed by atoms with E-state index in [1.807, 2.05) is 0 Å². The number of hydrogen-bond donors (Lipinski definition) is 1. The Bertz CT molecular complexity index is 342. The Morgan fingerprint density at radius 2 is 1.69 bits per heavy atom. The maximum absolute atomic E-state index is 3.54. The lowest BCUT2D eigenvalue weighted by molar-refractivity contribution is 0.499. The van der Waals surface area contributed by atoms with Gasteiger partial charge in [-0.25, -0.2) is 0 Å². The molecule has 0 radical (unpaired) electrons. The predicted molar refractivity (Wildman–Crippen MR) is 71.8 cm³/mol. The van der Waals surface area contributed by atoms with Crippen LogP contribution in [0.3, 0.4) is 0 Å². The number of benzene rings is 1. The second-order valence-corrected chi connectivity index (χ2v) is 5.01. The molecule has 0 aliphatic carbocycles. The maximum Gasteiger partial charge on any atom is 0.0208 e. The molecule has 0 aliphatic heterocycles. The first-order valence-corrected chi connectivity index (χ1v) is 6.32. The van der Waals surface area contributed by atoms with Gasteiger partial charge < -0.3 is 5.32 Å². The highest BCUT2D eigenvalue weighted by molar-refractivity contribution is 5.36. The van der Waals surface area contributed by atoms with Gasteiger partial charge in [0.15, 0.2) is 0 Å². The smallest absolute Gasteiger partial charge is 0.0208 e. The Labute approximate surface area is 100 Å². The molecule has 0 heterocycles. The zero-order valence-corrected chi connectivity index (χ0v) is 11.4. The highest BCUT2D eigenvalue weighted by Gasteiger charge is 2.03. The summed E-state index contributed by atoms with van der Waals surface area (Å²) in [5.41, 5.74) is 5.63. The molecule has 1 N–H and O–H groups in total. The fourth-order valence-electron chi connectivity index (χ4n) is 1.81. The molecule has 1 unspecified atom stereocenters. The molecule has 0 amide bonds. The van der Waals surface area contributed by atoms with Gasteiger partial charge in [-0.05, 0) is 55.5 Å². The van der Waals surface area contributed by atoms with E-state index in [0.29, 0.717) is 0 Å². The standard InChI is InChI=1S/C15H25N/c1-6-11(2)9-16-10-15-8-13(4)12(3)7-14(15)5/h7-8,11,16H,6,9-10H2,1-5H3. The summed E-state index contributed by atoms with van der Waals surface area (Å²) in [5.74, 6) is 0.770. The topological polar surface area (TPSA) is 12.0 Å². The van der Waals surface area contributed by atoms with Gasteiger partial charge in [-0.1, -0.05) is 32.4 Å². The molecule has 1 aromatic rings. The van der Waals surface area contributed by atoms with Gasteiger partial charge in [0.1, 0.15) is 0 Å². The lowest BCUT2D eigenvalue weighted by Crippen LogP contribution is -2.20. The Morgan fingerprint density at radius 3 is 2.31 bits per heavy atom. The van der Waals surface area contributed by atoms with E-state index in [9.17, 15) is 0 Å². The summed E-state index contributed by atoms with van der Waals surface area (Å²) in [7, 11) is 0. The molecule has 1 heteroatoms. The quantitative estimate of drug-likeness (QED) is 0.795. The first-order valence-electron chi connectivity index (χ1n) is 6.32. The van der Waals surface area contributed by atoms with Crippen molar-refractivity contribution in [3.63, 3.8) is 0 Å². The lowest BCUT2D eigenvalue weighted by Gasteiger charge is -2.13. The minimum absolute atomic E-state index is 0.770. The SMILES string of the molecule is CCC(C)CNCc1cc(C)c(C)cc1C. The summed E-state index contributed by atoms with van der Waals surface area (Å²) in [5, 5.41) is 3.54. The Hall–Kier alpha value is -0.820. The number of rotatable bonds is 5. The third kappa shape index (κ3) is 3.64. The van der Waals surface area contributed by atoms with Gasteiger partial charge in [0.05, 0.1) is 0 Å². The molecule has 0 aliphatic rings. The van der Waals surface area contributed by atoms with Gasteiger partial charge in [-0.3, -0.25) is 0 Å². The summed E-state index contributed by atoms with van der Waals surface area (Å²) < 4.78 is 0. The van der Waals surface area contributed by atoms with E-state index in [0.717, 1.165) is 19.0 Å². The van der Waals surface area contributed by atoms with Gasteiger partial charge in [-0.15, -0.1) is 0 Å². The van der Waals surface area contributed by atoms with Crippen LogP contribution in [0.2, 0.25) is 0 Å². The summed E-state index contributed by atoms with van der Waals surface area (Å²) in [6.07, 6.45) is 1.25. The molecule has 0 fully saturated rings. The van der Waals surface area contributed by atoms with Crippen LogP contribution in [-0.2, 0) is 6.54 Å². The van der Waals surface area contributed by atoms with Crippen molar-refractivity contribution in [1.29, 1.82) is 0 Å². The van der Waals surface area contributed by atoms with Gasteiger partial charge >= 0.3 is 0 Å². The fourth-order valence-corrected chi connectivity index (χ4v) is 1.81. The van der Waals surface area contributed by atoms with Crippen LogP contribution in [0.4, 0.5) is 0 Å². The molecule has 16 heavy (non-hydrogen) atoms. The van der Waals surface area contributed by atoms with Crippen LogP contribution in [-0.4, -0.2) is 6.54 Å². The van der Waals surface area contributed by atoms with Crippen molar-refractivity contribution in [3.05, 3.63) is 34.4 Å². The Balaban J connectivity index is 2.57. The molecule has 0 aromatic heterocycles. The third-order valence-electron chi connectivity index (χ3n) is 3.46. The van der Waals surface area contributed by atoms with Crippen LogP contribution in [0.25, 0.3) is 0 Å². The van der Waals surface area contributed by atoms with Gasteiger partial charge in [-0.2, -0.15) is 0 Å². The molecular formula is C15H25N. The Kier molecular flexibility index (Phi) is 5.01. The predicted octanol–water partition coefficient (Wildman–Crippen LogP) is 3.75. The molecule has 1 aromatic carbocycles. The van der Waals surface area contributed by atoms with Crippen molar-refractivity contribution in [1.82, 2.24) is 5.32 Å². The molecule has 0 spiro atoms. The van der Waals surface area contributed by atoms with Crippen molar-refractivity contribution in [2.45, 2.75) is 47.6 Å². The van der Waals surface area contributed by atoms with E-state index in [2.05, 4.69) is 52.1 Å². The largest absolute Gasteiger partial charge is 0.312 e. The second-order valence-electron chi connectivity index (χ2n) is 5.01. The van der Waals surface area contributed by atoms with E-state index in [1.165, 1.54) is 28.7 Å². The van der Waals surface area contributed by atoms with E-state index < -0.39 is 0 Å². The molecule has 0 saturated carbocycles. The average Bonchev–Trinajstić information content (AvgIpc) is 2.25. The van der Waals surface area contributed by atoms with Crippen LogP contribution < -0.4 is 5.32 Å². The fraction of sp³-hybridized carbons (Fsp3) is 0.600. The van der Waals surface area contributed by atoms with Crippen molar-refractivity contribution >= 4 is 0 Å².